The highest BCUT2D eigenvalue weighted by Crippen LogP contribution is 2.17. The van der Waals surface area contributed by atoms with Gasteiger partial charge in [-0.2, -0.15) is 0 Å². The summed E-state index contributed by atoms with van der Waals surface area (Å²) in [5.41, 5.74) is 2.54. The highest BCUT2D eigenvalue weighted by atomic mass is 15.3. The molecule has 1 atom stereocenters. The fraction of sp³-hybridized carbons (Fsp3) is 0.350. The Morgan fingerprint density at radius 3 is 2.31 bits per heavy atom. The molecule has 1 saturated heterocycles. The molecule has 0 saturated carbocycles. The summed E-state index contributed by atoms with van der Waals surface area (Å²) in [6, 6.07) is 8.77. The van der Waals surface area contributed by atoms with Crippen LogP contribution in [0, 0.1) is 0 Å². The van der Waals surface area contributed by atoms with Gasteiger partial charge in [-0.15, -0.1) is 0 Å². The predicted molar refractivity (Wildman–Crippen MR) is 100 cm³/mol. The van der Waals surface area contributed by atoms with Gasteiger partial charge in [0.2, 0.25) is 0 Å². The monoisotopic (exact) mass is 348 g/mol. The summed E-state index contributed by atoms with van der Waals surface area (Å²) >= 11 is 0. The third-order valence-corrected chi connectivity index (χ3v) is 4.91. The zero-order valence-electron chi connectivity index (χ0n) is 14.9. The first-order valence-corrected chi connectivity index (χ1v) is 9.07. The summed E-state index contributed by atoms with van der Waals surface area (Å²) in [4.78, 5) is 17.8. The first-order valence-electron chi connectivity index (χ1n) is 9.07. The Hall–Kier alpha value is -2.57. The molecular formula is C20H24N6. The largest absolute Gasteiger partial charge is 0.336 e. The number of hydrogen-bond donors (Lipinski definition) is 0. The van der Waals surface area contributed by atoms with Crippen LogP contribution in [-0.4, -0.2) is 55.0 Å². The van der Waals surface area contributed by atoms with Gasteiger partial charge in [-0.05, 0) is 23.3 Å². The molecule has 0 spiro atoms. The summed E-state index contributed by atoms with van der Waals surface area (Å²) in [6.07, 6.45) is 13.4. The zero-order chi connectivity index (χ0) is 17.6. The number of nitrogens with zero attached hydrogens (tertiary/aromatic N) is 6. The van der Waals surface area contributed by atoms with Gasteiger partial charge < -0.3 is 4.57 Å². The van der Waals surface area contributed by atoms with Crippen molar-refractivity contribution in [2.75, 3.05) is 19.6 Å². The fourth-order valence-electron chi connectivity index (χ4n) is 3.60. The average molecular weight is 348 g/mol. The van der Waals surface area contributed by atoms with Crippen molar-refractivity contribution in [3.8, 4) is 0 Å². The lowest BCUT2D eigenvalue weighted by atomic mass is 10.1. The molecule has 0 N–H and O–H groups in total. The smallest absolute Gasteiger partial charge is 0.0946 e. The molecule has 1 aliphatic rings. The average Bonchev–Trinajstić information content (AvgIpc) is 3.19. The molecule has 6 heteroatoms. The summed E-state index contributed by atoms with van der Waals surface area (Å²) < 4.78 is 2.18. The van der Waals surface area contributed by atoms with E-state index in [2.05, 4.69) is 41.5 Å². The van der Waals surface area contributed by atoms with E-state index >= 15 is 0 Å². The van der Waals surface area contributed by atoms with E-state index in [1.54, 1.807) is 0 Å². The van der Waals surface area contributed by atoms with E-state index in [0.29, 0.717) is 6.04 Å². The van der Waals surface area contributed by atoms with Crippen molar-refractivity contribution < 1.29 is 0 Å². The van der Waals surface area contributed by atoms with E-state index in [1.165, 1.54) is 11.1 Å². The van der Waals surface area contributed by atoms with E-state index in [0.717, 1.165) is 39.3 Å². The van der Waals surface area contributed by atoms with Gasteiger partial charge in [0.05, 0.1) is 6.33 Å². The SMILES string of the molecule is c1cncc(CN2CCN(Cc3cccnc3)C(Cn3ccnc3)C2)c1. The molecule has 0 aliphatic carbocycles. The van der Waals surface area contributed by atoms with Gasteiger partial charge in [0.25, 0.3) is 0 Å². The second-order valence-corrected chi connectivity index (χ2v) is 6.84. The van der Waals surface area contributed by atoms with Crippen LogP contribution in [0.25, 0.3) is 0 Å². The van der Waals surface area contributed by atoms with Crippen molar-refractivity contribution in [3.63, 3.8) is 0 Å². The lowest BCUT2D eigenvalue weighted by Crippen LogP contribution is -2.53. The van der Waals surface area contributed by atoms with Crippen LogP contribution in [-0.2, 0) is 19.6 Å². The second-order valence-electron chi connectivity index (χ2n) is 6.84. The van der Waals surface area contributed by atoms with E-state index in [9.17, 15) is 0 Å². The van der Waals surface area contributed by atoms with E-state index < -0.39 is 0 Å². The second kappa shape index (κ2) is 8.21. The molecule has 0 bridgehead atoms. The number of rotatable bonds is 6. The van der Waals surface area contributed by atoms with Gasteiger partial charge >= 0.3 is 0 Å². The van der Waals surface area contributed by atoms with Crippen LogP contribution in [0.1, 0.15) is 11.1 Å². The highest BCUT2D eigenvalue weighted by Gasteiger charge is 2.27. The van der Waals surface area contributed by atoms with Crippen molar-refractivity contribution in [1.29, 1.82) is 0 Å². The van der Waals surface area contributed by atoms with Crippen LogP contribution in [0.2, 0.25) is 0 Å². The van der Waals surface area contributed by atoms with Gasteiger partial charge in [-0.25, -0.2) is 4.98 Å². The van der Waals surface area contributed by atoms with Gasteiger partial charge in [0.15, 0.2) is 0 Å². The number of piperazine rings is 1. The lowest BCUT2D eigenvalue weighted by Gasteiger charge is -2.41. The van der Waals surface area contributed by atoms with Crippen molar-refractivity contribution >= 4 is 0 Å². The van der Waals surface area contributed by atoms with E-state index in [1.807, 2.05) is 55.6 Å². The van der Waals surface area contributed by atoms with Gasteiger partial charge in [0.1, 0.15) is 0 Å². The first-order chi connectivity index (χ1) is 12.9. The van der Waals surface area contributed by atoms with Crippen LogP contribution in [0.5, 0.6) is 0 Å². The Morgan fingerprint density at radius 1 is 0.885 bits per heavy atom. The van der Waals surface area contributed by atoms with E-state index in [4.69, 9.17) is 0 Å². The summed E-state index contributed by atoms with van der Waals surface area (Å²) in [5, 5.41) is 0. The molecule has 0 amide bonds. The Labute approximate surface area is 154 Å². The van der Waals surface area contributed by atoms with E-state index in [-0.39, 0.29) is 0 Å². The number of imidazole rings is 1. The summed E-state index contributed by atoms with van der Waals surface area (Å²) in [6.45, 7) is 5.99. The van der Waals surface area contributed by atoms with Gasteiger partial charge in [-0.3, -0.25) is 19.8 Å². The fourth-order valence-corrected chi connectivity index (χ4v) is 3.60. The first kappa shape index (κ1) is 16.9. The topological polar surface area (TPSA) is 50.1 Å². The Bertz CT molecular complexity index is 775. The molecule has 3 aromatic heterocycles. The van der Waals surface area contributed by atoms with Crippen LogP contribution in [0.4, 0.5) is 0 Å². The van der Waals surface area contributed by atoms with Crippen LogP contribution in [0.3, 0.4) is 0 Å². The number of hydrogen-bond acceptors (Lipinski definition) is 5. The summed E-state index contributed by atoms with van der Waals surface area (Å²) in [5.74, 6) is 0. The minimum absolute atomic E-state index is 0.440. The van der Waals surface area contributed by atoms with Crippen molar-refractivity contribution in [1.82, 2.24) is 29.3 Å². The maximum Gasteiger partial charge on any atom is 0.0946 e. The van der Waals surface area contributed by atoms with Gasteiger partial charge in [0, 0.05) is 82.5 Å². The Kier molecular flexibility index (Phi) is 5.33. The molecule has 26 heavy (non-hydrogen) atoms. The Balaban J connectivity index is 1.46. The molecule has 1 unspecified atom stereocenters. The third-order valence-electron chi connectivity index (χ3n) is 4.91. The minimum atomic E-state index is 0.440. The molecule has 3 aromatic rings. The molecular weight excluding hydrogens is 324 g/mol. The van der Waals surface area contributed by atoms with Crippen LogP contribution < -0.4 is 0 Å². The molecule has 4 heterocycles. The quantitative estimate of drug-likeness (QED) is 0.682. The molecule has 0 aromatic carbocycles. The molecule has 6 nitrogen and oxygen atoms in total. The van der Waals surface area contributed by atoms with Crippen LogP contribution >= 0.6 is 0 Å². The number of pyridine rings is 2. The zero-order valence-corrected chi connectivity index (χ0v) is 14.9. The summed E-state index contributed by atoms with van der Waals surface area (Å²) in [7, 11) is 0. The molecule has 1 aliphatic heterocycles. The van der Waals surface area contributed by atoms with Crippen molar-refractivity contribution in [3.05, 3.63) is 78.9 Å². The van der Waals surface area contributed by atoms with Crippen molar-refractivity contribution in [2.24, 2.45) is 0 Å². The normalized spacial score (nSPS) is 18.8. The minimum Gasteiger partial charge on any atom is -0.336 e. The molecule has 4 rings (SSSR count). The standard InChI is InChI=1S/C20H24N6/c1-3-18(11-21-5-1)13-24-9-10-26(14-19-4-2-6-22-12-19)20(15-24)16-25-8-7-23-17-25/h1-8,11-12,17,20H,9-10,13-16H2. The van der Waals surface area contributed by atoms with Gasteiger partial charge in [-0.1, -0.05) is 12.1 Å². The third kappa shape index (κ3) is 4.33. The predicted octanol–water partition coefficient (Wildman–Crippen LogP) is 2.06. The molecule has 1 fully saturated rings. The molecule has 0 radical (unpaired) electrons. The number of aromatic nitrogens is 4. The molecule has 134 valence electrons. The Morgan fingerprint density at radius 2 is 1.65 bits per heavy atom. The lowest BCUT2D eigenvalue weighted by molar-refractivity contribution is 0.0548. The van der Waals surface area contributed by atoms with Crippen LogP contribution in [0.15, 0.2) is 67.8 Å². The highest BCUT2D eigenvalue weighted by molar-refractivity contribution is 5.10. The maximum atomic E-state index is 4.26. The maximum absolute atomic E-state index is 4.26. The van der Waals surface area contributed by atoms with Crippen molar-refractivity contribution in [2.45, 2.75) is 25.7 Å².